The Morgan fingerprint density at radius 3 is 2.64 bits per heavy atom. The number of aryl methyl sites for hydroxylation is 2. The van der Waals surface area contributed by atoms with Crippen molar-refractivity contribution in [2.24, 2.45) is 5.73 Å². The lowest BCUT2D eigenvalue weighted by molar-refractivity contribution is 0.524. The van der Waals surface area contributed by atoms with Crippen molar-refractivity contribution in [2.75, 3.05) is 0 Å². The van der Waals surface area contributed by atoms with Gasteiger partial charge >= 0.3 is 0 Å². The van der Waals surface area contributed by atoms with E-state index in [-0.39, 0.29) is 6.04 Å². The Morgan fingerprint density at radius 2 is 1.95 bits per heavy atom. The third-order valence-electron chi connectivity index (χ3n) is 4.18. The molecule has 0 fully saturated rings. The maximum absolute atomic E-state index is 6.28. The fourth-order valence-electron chi connectivity index (χ4n) is 2.81. The number of aromatic nitrogens is 2. The van der Waals surface area contributed by atoms with Gasteiger partial charge in [0.2, 0.25) is 0 Å². The highest BCUT2D eigenvalue weighted by Crippen LogP contribution is 2.20. The van der Waals surface area contributed by atoms with Crippen LogP contribution in [-0.4, -0.2) is 16.0 Å². The summed E-state index contributed by atoms with van der Waals surface area (Å²) in [6.07, 6.45) is 7.95. The highest BCUT2D eigenvalue weighted by molar-refractivity contribution is 5.23. The third-order valence-corrected chi connectivity index (χ3v) is 4.18. The number of hydrogen-bond acceptors (Lipinski definition) is 3. The number of nitrogens with zero attached hydrogens (tertiary/aromatic N) is 2. The van der Waals surface area contributed by atoms with Gasteiger partial charge in [0, 0.05) is 36.2 Å². The third kappa shape index (κ3) is 4.92. The van der Waals surface area contributed by atoms with E-state index in [0.29, 0.717) is 5.92 Å². The molecule has 3 heteroatoms. The van der Waals surface area contributed by atoms with Gasteiger partial charge in [0.15, 0.2) is 0 Å². The summed E-state index contributed by atoms with van der Waals surface area (Å²) in [7, 11) is 0. The second-order valence-corrected chi connectivity index (χ2v) is 6.33. The molecule has 0 aliphatic heterocycles. The van der Waals surface area contributed by atoms with Crippen molar-refractivity contribution in [3.8, 4) is 0 Å². The zero-order valence-electron chi connectivity index (χ0n) is 13.9. The molecule has 22 heavy (non-hydrogen) atoms. The van der Waals surface area contributed by atoms with E-state index in [1.807, 2.05) is 18.5 Å². The molecular weight excluding hydrogens is 270 g/mol. The van der Waals surface area contributed by atoms with Gasteiger partial charge in [-0.15, -0.1) is 0 Å². The summed E-state index contributed by atoms with van der Waals surface area (Å²) in [6, 6.07) is 8.48. The molecule has 118 valence electrons. The van der Waals surface area contributed by atoms with Crippen molar-refractivity contribution in [3.63, 3.8) is 0 Å². The lowest BCUT2D eigenvalue weighted by Crippen LogP contribution is -2.24. The first-order valence-electron chi connectivity index (χ1n) is 8.15. The second-order valence-electron chi connectivity index (χ2n) is 6.33. The predicted octanol–water partition coefficient (Wildman–Crippen LogP) is 3.94. The Labute approximate surface area is 134 Å². The van der Waals surface area contributed by atoms with Gasteiger partial charge in [-0.3, -0.25) is 9.97 Å². The van der Waals surface area contributed by atoms with E-state index in [9.17, 15) is 0 Å². The van der Waals surface area contributed by atoms with Gasteiger partial charge in [0.05, 0.1) is 0 Å². The maximum atomic E-state index is 6.28. The largest absolute Gasteiger partial charge is 0.327 e. The molecular formula is C19H27N3. The van der Waals surface area contributed by atoms with Crippen molar-refractivity contribution < 1.29 is 0 Å². The Bertz CT molecular complexity index is 580. The lowest BCUT2D eigenvalue weighted by atomic mass is 9.96. The highest BCUT2D eigenvalue weighted by Gasteiger charge is 2.10. The first-order valence-corrected chi connectivity index (χ1v) is 8.15. The van der Waals surface area contributed by atoms with Crippen LogP contribution in [0.15, 0.2) is 36.7 Å². The van der Waals surface area contributed by atoms with Crippen molar-refractivity contribution in [2.45, 2.75) is 58.4 Å². The molecule has 3 nitrogen and oxygen atoms in total. The average molecular weight is 297 g/mol. The number of nitrogens with two attached hydrogens (primary N) is 1. The normalized spacial score (nSPS) is 13.8. The van der Waals surface area contributed by atoms with Crippen LogP contribution in [0.1, 0.15) is 54.6 Å². The van der Waals surface area contributed by atoms with Crippen molar-refractivity contribution in [3.05, 3.63) is 59.2 Å². The number of pyridine rings is 2. The van der Waals surface area contributed by atoms with Crippen LogP contribution in [0.5, 0.6) is 0 Å². The van der Waals surface area contributed by atoms with Gasteiger partial charge in [-0.1, -0.05) is 25.5 Å². The highest BCUT2D eigenvalue weighted by atomic mass is 14.7. The Kier molecular flexibility index (Phi) is 6.08. The van der Waals surface area contributed by atoms with Crippen LogP contribution >= 0.6 is 0 Å². The van der Waals surface area contributed by atoms with Gasteiger partial charge in [0.1, 0.15) is 0 Å². The Balaban J connectivity index is 1.77. The smallest absolute Gasteiger partial charge is 0.0448 e. The van der Waals surface area contributed by atoms with E-state index in [1.165, 1.54) is 16.8 Å². The summed E-state index contributed by atoms with van der Waals surface area (Å²) in [5.74, 6) is 0.493. The molecule has 0 saturated carbocycles. The molecule has 0 aliphatic carbocycles. The van der Waals surface area contributed by atoms with Crippen molar-refractivity contribution >= 4 is 0 Å². The van der Waals surface area contributed by atoms with Gasteiger partial charge in [-0.2, -0.15) is 0 Å². The molecule has 0 aromatic carbocycles. The number of hydrogen-bond donors (Lipinski definition) is 1. The van der Waals surface area contributed by atoms with Crippen LogP contribution in [0.25, 0.3) is 0 Å². The summed E-state index contributed by atoms with van der Waals surface area (Å²) < 4.78 is 0. The minimum absolute atomic E-state index is 0.185. The van der Waals surface area contributed by atoms with Crippen LogP contribution in [-0.2, 0) is 6.42 Å². The topological polar surface area (TPSA) is 51.8 Å². The summed E-state index contributed by atoms with van der Waals surface area (Å²) in [5, 5.41) is 0. The molecule has 2 heterocycles. The van der Waals surface area contributed by atoms with Crippen molar-refractivity contribution in [1.29, 1.82) is 0 Å². The molecule has 2 aromatic rings. The van der Waals surface area contributed by atoms with E-state index in [1.54, 1.807) is 0 Å². The summed E-state index contributed by atoms with van der Waals surface area (Å²) in [4.78, 5) is 8.94. The molecule has 0 bridgehead atoms. The van der Waals surface area contributed by atoms with Gasteiger partial charge in [-0.05, 0) is 55.9 Å². The van der Waals surface area contributed by atoms with E-state index in [0.717, 1.165) is 31.4 Å². The molecule has 0 aliphatic rings. The maximum Gasteiger partial charge on any atom is 0.0448 e. The first kappa shape index (κ1) is 16.6. The lowest BCUT2D eigenvalue weighted by Gasteiger charge is -2.15. The monoisotopic (exact) mass is 297 g/mol. The molecule has 2 unspecified atom stereocenters. The van der Waals surface area contributed by atoms with Gasteiger partial charge < -0.3 is 5.73 Å². The van der Waals surface area contributed by atoms with Gasteiger partial charge in [-0.25, -0.2) is 0 Å². The molecule has 2 atom stereocenters. The van der Waals surface area contributed by atoms with Crippen molar-refractivity contribution in [1.82, 2.24) is 9.97 Å². The van der Waals surface area contributed by atoms with Crippen LogP contribution in [0.4, 0.5) is 0 Å². The molecule has 2 aromatic heterocycles. The van der Waals surface area contributed by atoms with Gasteiger partial charge in [0.25, 0.3) is 0 Å². The Morgan fingerprint density at radius 1 is 1.14 bits per heavy atom. The zero-order valence-corrected chi connectivity index (χ0v) is 13.9. The first-order chi connectivity index (χ1) is 10.6. The fraction of sp³-hybridized carbons (Fsp3) is 0.474. The standard InChI is InChI=1S/C19H27N3/c1-14-11-16(3)19(22-13-14)12-17(20)8-6-7-15(2)18-9-4-5-10-21-18/h4-5,9-11,13,15,17H,6-8,12,20H2,1-3H3. The van der Waals surface area contributed by atoms with Crippen LogP contribution < -0.4 is 5.73 Å². The number of rotatable bonds is 7. The summed E-state index contributed by atoms with van der Waals surface area (Å²) in [5.41, 5.74) is 11.0. The molecule has 0 radical (unpaired) electrons. The molecule has 2 rings (SSSR count). The second kappa shape index (κ2) is 8.04. The van der Waals surface area contributed by atoms with Crippen LogP contribution in [0.3, 0.4) is 0 Å². The molecule has 0 amide bonds. The summed E-state index contributed by atoms with van der Waals surface area (Å²) >= 11 is 0. The molecule has 0 saturated heterocycles. The minimum Gasteiger partial charge on any atom is -0.327 e. The molecule has 0 spiro atoms. The average Bonchev–Trinajstić information content (AvgIpc) is 2.51. The SMILES string of the molecule is Cc1cnc(CC(N)CCCC(C)c2ccccn2)c(C)c1. The summed E-state index contributed by atoms with van der Waals surface area (Å²) in [6.45, 7) is 6.42. The van der Waals surface area contributed by atoms with E-state index in [2.05, 4.69) is 48.9 Å². The van der Waals surface area contributed by atoms with E-state index < -0.39 is 0 Å². The minimum atomic E-state index is 0.185. The quantitative estimate of drug-likeness (QED) is 0.842. The van der Waals surface area contributed by atoms with Crippen LogP contribution in [0, 0.1) is 13.8 Å². The van der Waals surface area contributed by atoms with E-state index >= 15 is 0 Å². The predicted molar refractivity (Wildman–Crippen MR) is 91.9 cm³/mol. The van der Waals surface area contributed by atoms with Crippen LogP contribution in [0.2, 0.25) is 0 Å². The van der Waals surface area contributed by atoms with E-state index in [4.69, 9.17) is 5.73 Å². The fourth-order valence-corrected chi connectivity index (χ4v) is 2.81. The zero-order chi connectivity index (χ0) is 15.9. The Hall–Kier alpha value is -1.74. The molecule has 2 N–H and O–H groups in total.